The summed E-state index contributed by atoms with van der Waals surface area (Å²) in [5.74, 6) is -0.185. The number of hydrogen-bond donors (Lipinski definition) is 5. The summed E-state index contributed by atoms with van der Waals surface area (Å²) < 4.78 is 4.58. The number of rotatable bonds is 4. The second-order valence-electron chi connectivity index (χ2n) is 1.86. The third-order valence-corrected chi connectivity index (χ3v) is 0.966. The number of ether oxygens (including phenoxy) is 1. The Morgan fingerprint density at radius 2 is 1.91 bits per heavy atom. The second kappa shape index (κ2) is 4.78. The zero-order valence-electron chi connectivity index (χ0n) is 6.03. The first-order valence-electron chi connectivity index (χ1n) is 3.00. The van der Waals surface area contributed by atoms with E-state index in [0.29, 0.717) is 0 Å². The van der Waals surface area contributed by atoms with E-state index in [1.54, 1.807) is 0 Å². The molecule has 0 aliphatic rings. The Kier molecular flexibility index (Phi) is 4.35. The van der Waals surface area contributed by atoms with Gasteiger partial charge in [0.25, 0.3) is 0 Å². The summed E-state index contributed by atoms with van der Waals surface area (Å²) in [6.45, 7) is -0.218. The molecule has 0 aliphatic carbocycles. The van der Waals surface area contributed by atoms with E-state index in [1.807, 2.05) is 0 Å². The third-order valence-electron chi connectivity index (χ3n) is 0.966. The third kappa shape index (κ3) is 3.66. The minimum atomic E-state index is -1.34. The minimum absolute atomic E-state index is 0.0187. The average Bonchev–Trinajstić information content (AvgIpc) is 1.98. The molecule has 0 saturated heterocycles. The van der Waals surface area contributed by atoms with Crippen molar-refractivity contribution < 1.29 is 14.9 Å². The van der Waals surface area contributed by atoms with Gasteiger partial charge in [-0.15, -0.1) is 0 Å². The predicted octanol–water partition coefficient (Wildman–Crippen LogP) is -2.64. The molecule has 0 saturated carbocycles. The smallest absolute Gasteiger partial charge is 0.199 e. The molecule has 0 bridgehead atoms. The highest BCUT2D eigenvalue weighted by atomic mass is 16.6. The Balaban J connectivity index is 3.83. The highest BCUT2D eigenvalue weighted by Gasteiger charge is 2.08. The van der Waals surface area contributed by atoms with Crippen molar-refractivity contribution in [2.24, 2.45) is 17.2 Å². The van der Waals surface area contributed by atoms with Crippen molar-refractivity contribution in [2.75, 3.05) is 13.2 Å². The van der Waals surface area contributed by atoms with Gasteiger partial charge in [-0.3, -0.25) is 0 Å². The topological polar surface area (TPSA) is 128 Å². The molecule has 0 aliphatic heterocycles. The van der Waals surface area contributed by atoms with Gasteiger partial charge in [-0.1, -0.05) is 0 Å². The molecule has 66 valence electrons. The first-order valence-corrected chi connectivity index (χ1v) is 3.00. The van der Waals surface area contributed by atoms with Crippen LogP contribution in [0.3, 0.4) is 0 Å². The highest BCUT2D eigenvalue weighted by molar-refractivity contribution is 5.05. The molecule has 6 nitrogen and oxygen atoms in total. The van der Waals surface area contributed by atoms with E-state index in [4.69, 9.17) is 27.4 Å². The largest absolute Gasteiger partial charge is 0.395 e. The van der Waals surface area contributed by atoms with Gasteiger partial charge in [0.05, 0.1) is 13.2 Å². The highest BCUT2D eigenvalue weighted by Crippen LogP contribution is 1.96. The predicted molar refractivity (Wildman–Crippen MR) is 38.6 cm³/mol. The van der Waals surface area contributed by atoms with Crippen molar-refractivity contribution in [3.63, 3.8) is 0 Å². The van der Waals surface area contributed by atoms with Gasteiger partial charge in [-0.25, -0.2) is 0 Å². The molecule has 0 heterocycles. The van der Waals surface area contributed by atoms with E-state index in [2.05, 4.69) is 4.74 Å². The van der Waals surface area contributed by atoms with E-state index in [-0.39, 0.29) is 24.7 Å². The maximum absolute atomic E-state index is 8.94. The van der Waals surface area contributed by atoms with Crippen molar-refractivity contribution in [3.8, 4) is 0 Å². The number of aliphatic hydroxyl groups excluding tert-OH is 2. The van der Waals surface area contributed by atoms with Crippen LogP contribution >= 0.6 is 0 Å². The van der Waals surface area contributed by atoms with Gasteiger partial charge in [0, 0.05) is 0 Å². The molecule has 0 aromatic carbocycles. The van der Waals surface area contributed by atoms with Crippen LogP contribution in [0.25, 0.3) is 0 Å². The lowest BCUT2D eigenvalue weighted by atomic mass is 10.4. The van der Waals surface area contributed by atoms with Crippen molar-refractivity contribution in [2.45, 2.75) is 6.29 Å². The molecule has 8 N–H and O–H groups in total. The minimum Gasteiger partial charge on any atom is -0.395 e. The maximum Gasteiger partial charge on any atom is 0.199 e. The van der Waals surface area contributed by atoms with E-state index < -0.39 is 6.29 Å². The lowest BCUT2D eigenvalue weighted by Gasteiger charge is -2.11. The Labute approximate surface area is 64.2 Å². The van der Waals surface area contributed by atoms with Crippen molar-refractivity contribution >= 4 is 0 Å². The van der Waals surface area contributed by atoms with Gasteiger partial charge in [0.2, 0.25) is 0 Å². The summed E-state index contributed by atoms with van der Waals surface area (Å²) in [6.07, 6.45) is -1.34. The van der Waals surface area contributed by atoms with Crippen LogP contribution in [0, 0.1) is 0 Å². The zero-order chi connectivity index (χ0) is 8.85. The van der Waals surface area contributed by atoms with Crippen LogP contribution < -0.4 is 17.2 Å². The van der Waals surface area contributed by atoms with Crippen molar-refractivity contribution in [1.82, 2.24) is 0 Å². The quantitative estimate of drug-likeness (QED) is 0.288. The summed E-state index contributed by atoms with van der Waals surface area (Å²) in [6, 6.07) is 0. The Morgan fingerprint density at radius 1 is 1.36 bits per heavy atom. The zero-order valence-corrected chi connectivity index (χ0v) is 6.03. The van der Waals surface area contributed by atoms with E-state index in [0.717, 1.165) is 0 Å². The van der Waals surface area contributed by atoms with Crippen LogP contribution in [0.1, 0.15) is 0 Å². The van der Waals surface area contributed by atoms with Crippen LogP contribution in [-0.2, 0) is 4.74 Å². The second-order valence-corrected chi connectivity index (χ2v) is 1.86. The molecular weight excluding hydrogens is 150 g/mol. The SMILES string of the molecule is NC(N)=C(N)C(O)OCCO. The summed E-state index contributed by atoms with van der Waals surface area (Å²) >= 11 is 0. The molecule has 0 amide bonds. The van der Waals surface area contributed by atoms with Crippen LogP contribution in [0.15, 0.2) is 11.5 Å². The van der Waals surface area contributed by atoms with Gasteiger partial charge >= 0.3 is 0 Å². The van der Waals surface area contributed by atoms with Gasteiger partial charge in [-0.2, -0.15) is 0 Å². The average molecular weight is 163 g/mol. The molecule has 1 unspecified atom stereocenters. The fraction of sp³-hybridized carbons (Fsp3) is 0.600. The molecule has 0 aromatic heterocycles. The standard InChI is InChI=1S/C5H13N3O3/c6-3(4(7)8)5(10)11-2-1-9/h5,9-10H,1-2,6-8H2. The molecule has 0 aromatic rings. The van der Waals surface area contributed by atoms with Crippen LogP contribution in [0.5, 0.6) is 0 Å². The number of hydrogen-bond acceptors (Lipinski definition) is 6. The molecule has 1 atom stereocenters. The molecule has 0 spiro atoms. The van der Waals surface area contributed by atoms with Crippen molar-refractivity contribution in [1.29, 1.82) is 0 Å². The molecule has 11 heavy (non-hydrogen) atoms. The summed E-state index contributed by atoms with van der Waals surface area (Å²) in [5, 5.41) is 17.2. The van der Waals surface area contributed by atoms with Gasteiger partial charge in [0.15, 0.2) is 6.29 Å². The lowest BCUT2D eigenvalue weighted by molar-refractivity contribution is -0.0826. The van der Waals surface area contributed by atoms with Crippen LogP contribution in [-0.4, -0.2) is 29.7 Å². The van der Waals surface area contributed by atoms with Crippen LogP contribution in [0.4, 0.5) is 0 Å². The Bertz CT molecular complexity index is 144. The molecular formula is C5H13N3O3. The fourth-order valence-corrected chi connectivity index (χ4v) is 0.397. The molecule has 0 rings (SSSR count). The summed E-state index contributed by atoms with van der Waals surface area (Å²) in [7, 11) is 0. The lowest BCUT2D eigenvalue weighted by Crippen LogP contribution is -2.29. The van der Waals surface area contributed by atoms with E-state index in [9.17, 15) is 0 Å². The summed E-state index contributed by atoms with van der Waals surface area (Å²) in [4.78, 5) is 0. The first-order chi connectivity index (χ1) is 5.09. The van der Waals surface area contributed by atoms with E-state index >= 15 is 0 Å². The molecule has 0 fully saturated rings. The Hall–Kier alpha value is -0.980. The first kappa shape index (κ1) is 10.0. The normalized spacial score (nSPS) is 12.5. The fourth-order valence-electron chi connectivity index (χ4n) is 0.397. The van der Waals surface area contributed by atoms with Gasteiger partial charge in [0.1, 0.15) is 11.5 Å². The summed E-state index contributed by atoms with van der Waals surface area (Å²) in [5.41, 5.74) is 15.1. The van der Waals surface area contributed by atoms with Gasteiger partial charge < -0.3 is 32.2 Å². The Morgan fingerprint density at radius 3 is 2.27 bits per heavy atom. The monoisotopic (exact) mass is 163 g/mol. The maximum atomic E-state index is 8.94. The van der Waals surface area contributed by atoms with E-state index in [1.165, 1.54) is 0 Å². The van der Waals surface area contributed by atoms with Crippen molar-refractivity contribution in [3.05, 3.63) is 11.5 Å². The number of nitrogens with two attached hydrogens (primary N) is 3. The van der Waals surface area contributed by atoms with Gasteiger partial charge in [-0.05, 0) is 0 Å². The molecule has 6 heteroatoms. The molecule has 0 radical (unpaired) electrons. The number of aliphatic hydroxyl groups is 2. The van der Waals surface area contributed by atoms with Crippen LogP contribution in [0.2, 0.25) is 0 Å².